The van der Waals surface area contributed by atoms with Crippen LogP contribution in [0.4, 0.5) is 5.69 Å². The van der Waals surface area contributed by atoms with E-state index in [4.69, 9.17) is 4.74 Å². The molecule has 2 aromatic rings. The second-order valence-corrected chi connectivity index (χ2v) is 8.25. The van der Waals surface area contributed by atoms with Crippen molar-refractivity contribution in [1.29, 1.82) is 0 Å². The van der Waals surface area contributed by atoms with E-state index in [0.717, 1.165) is 24.2 Å². The van der Waals surface area contributed by atoms with Gasteiger partial charge in [0.2, 0.25) is 0 Å². The number of ether oxygens (including phenoxy) is 1. The van der Waals surface area contributed by atoms with Crippen LogP contribution in [0.5, 0.6) is 0 Å². The molecule has 170 valence electrons. The molecule has 1 aliphatic carbocycles. The number of nitrogens with zero attached hydrogens (tertiary/aromatic N) is 1. The molecule has 1 heterocycles. The fourth-order valence-corrected chi connectivity index (χ4v) is 4.12. The van der Waals surface area contributed by atoms with Gasteiger partial charge in [-0.3, -0.25) is 28.9 Å². The Morgan fingerprint density at radius 3 is 2.42 bits per heavy atom. The van der Waals surface area contributed by atoms with Crippen LogP contribution >= 0.6 is 0 Å². The Labute approximate surface area is 190 Å². The highest BCUT2D eigenvalue weighted by Gasteiger charge is 2.32. The van der Waals surface area contributed by atoms with Crippen LogP contribution in [-0.4, -0.2) is 48.0 Å². The van der Waals surface area contributed by atoms with E-state index in [1.165, 1.54) is 42.8 Å². The summed E-state index contributed by atoms with van der Waals surface area (Å²) in [6, 6.07) is 10.1. The number of fused-ring (bicyclic) bond motifs is 2. The Balaban J connectivity index is 1.24. The number of carbonyl (C=O) groups is 5. The topological polar surface area (TPSA) is 110 Å². The fourth-order valence-electron chi connectivity index (χ4n) is 4.12. The second-order valence-electron chi connectivity index (χ2n) is 8.25. The van der Waals surface area contributed by atoms with Crippen molar-refractivity contribution in [2.45, 2.75) is 38.5 Å². The first kappa shape index (κ1) is 22.4. The number of amides is 3. The summed E-state index contributed by atoms with van der Waals surface area (Å²) in [5.41, 5.74) is 3.88. The minimum Gasteiger partial charge on any atom is -0.456 e. The van der Waals surface area contributed by atoms with Crippen LogP contribution in [0.1, 0.15) is 67.9 Å². The summed E-state index contributed by atoms with van der Waals surface area (Å²) in [6.45, 7) is -0.518. The van der Waals surface area contributed by atoms with E-state index in [2.05, 4.69) is 5.32 Å². The number of rotatable bonds is 7. The molecule has 4 rings (SSSR count). The predicted molar refractivity (Wildman–Crippen MR) is 119 cm³/mol. The number of carbonyl (C=O) groups excluding carboxylic acids is 5. The molecule has 1 aliphatic heterocycles. The lowest BCUT2D eigenvalue weighted by atomic mass is 9.89. The molecule has 33 heavy (non-hydrogen) atoms. The highest BCUT2D eigenvalue weighted by Crippen LogP contribution is 2.25. The van der Waals surface area contributed by atoms with Gasteiger partial charge in [0.1, 0.15) is 0 Å². The third-order valence-electron chi connectivity index (χ3n) is 5.96. The van der Waals surface area contributed by atoms with Crippen molar-refractivity contribution >= 4 is 35.2 Å². The lowest BCUT2D eigenvalue weighted by molar-refractivity contribution is -0.147. The molecule has 0 saturated heterocycles. The van der Waals surface area contributed by atoms with Crippen molar-refractivity contribution in [3.05, 3.63) is 64.2 Å². The maximum atomic E-state index is 12.4. The van der Waals surface area contributed by atoms with Gasteiger partial charge in [0.25, 0.3) is 17.7 Å². The first-order valence-electron chi connectivity index (χ1n) is 10.9. The van der Waals surface area contributed by atoms with Crippen LogP contribution in [0, 0.1) is 0 Å². The molecule has 0 radical (unpaired) electrons. The summed E-state index contributed by atoms with van der Waals surface area (Å²) in [4.78, 5) is 61.5. The maximum absolute atomic E-state index is 12.4. The number of anilines is 1. The monoisotopic (exact) mass is 448 g/mol. The molecule has 0 saturated carbocycles. The van der Waals surface area contributed by atoms with Crippen LogP contribution in [0.2, 0.25) is 0 Å². The first-order valence-corrected chi connectivity index (χ1v) is 10.9. The molecule has 8 nitrogen and oxygen atoms in total. The van der Waals surface area contributed by atoms with Crippen molar-refractivity contribution in [3.63, 3.8) is 0 Å². The summed E-state index contributed by atoms with van der Waals surface area (Å²) in [5, 5.41) is 2.53. The minimum atomic E-state index is -0.646. The number of aryl methyl sites for hydroxylation is 2. The largest absolute Gasteiger partial charge is 0.456 e. The van der Waals surface area contributed by atoms with Gasteiger partial charge in [0.05, 0.1) is 17.5 Å². The number of hydrogen-bond donors (Lipinski definition) is 1. The molecular formula is C25H24N2O6. The van der Waals surface area contributed by atoms with Gasteiger partial charge < -0.3 is 10.1 Å². The number of esters is 1. The summed E-state index contributed by atoms with van der Waals surface area (Å²) >= 11 is 0. The average Bonchev–Trinajstić information content (AvgIpc) is 3.04. The standard InChI is InChI=1S/C25H24N2O6/c1-27-24(31)19-9-8-18(13-20(19)25(27)32)26-22(29)14-33-23(30)11-10-21(28)17-7-6-15-4-2-3-5-16(15)12-17/h6-9,12-13H,2-5,10-11,14H2,1H3,(H,26,29). The van der Waals surface area contributed by atoms with Gasteiger partial charge in [-0.25, -0.2) is 0 Å². The molecular weight excluding hydrogens is 424 g/mol. The van der Waals surface area contributed by atoms with Gasteiger partial charge in [0.15, 0.2) is 12.4 Å². The Morgan fingerprint density at radius 2 is 1.64 bits per heavy atom. The van der Waals surface area contributed by atoms with Gasteiger partial charge in [-0.05, 0) is 61.1 Å². The molecule has 0 spiro atoms. The fraction of sp³-hybridized carbons (Fsp3) is 0.320. The van der Waals surface area contributed by atoms with Gasteiger partial charge in [0, 0.05) is 24.7 Å². The van der Waals surface area contributed by atoms with Crippen molar-refractivity contribution in [1.82, 2.24) is 4.90 Å². The number of imide groups is 1. The molecule has 8 heteroatoms. The van der Waals surface area contributed by atoms with E-state index in [1.807, 2.05) is 12.1 Å². The van der Waals surface area contributed by atoms with Gasteiger partial charge in [-0.1, -0.05) is 12.1 Å². The van der Waals surface area contributed by atoms with Gasteiger partial charge in [-0.15, -0.1) is 0 Å². The van der Waals surface area contributed by atoms with Crippen LogP contribution in [0.25, 0.3) is 0 Å². The maximum Gasteiger partial charge on any atom is 0.306 e. The molecule has 3 amide bonds. The van der Waals surface area contributed by atoms with E-state index in [0.29, 0.717) is 11.3 Å². The Kier molecular flexibility index (Phi) is 6.35. The van der Waals surface area contributed by atoms with E-state index in [1.54, 1.807) is 6.07 Å². The highest BCUT2D eigenvalue weighted by atomic mass is 16.5. The van der Waals surface area contributed by atoms with E-state index in [-0.39, 0.29) is 29.8 Å². The second kappa shape index (κ2) is 9.36. The van der Waals surface area contributed by atoms with Crippen molar-refractivity contribution in [3.8, 4) is 0 Å². The van der Waals surface area contributed by atoms with Crippen molar-refractivity contribution < 1.29 is 28.7 Å². The number of nitrogens with one attached hydrogen (secondary N) is 1. The molecule has 0 aromatic heterocycles. The van der Waals surface area contributed by atoms with Crippen LogP contribution in [-0.2, 0) is 27.2 Å². The third kappa shape index (κ3) is 4.84. The minimum absolute atomic E-state index is 0.00766. The summed E-state index contributed by atoms with van der Waals surface area (Å²) < 4.78 is 4.97. The lowest BCUT2D eigenvalue weighted by Gasteiger charge is -2.16. The molecule has 0 fully saturated rings. The Bertz CT molecular complexity index is 1170. The molecule has 2 aromatic carbocycles. The number of ketones is 1. The number of hydrogen-bond acceptors (Lipinski definition) is 6. The molecule has 0 bridgehead atoms. The Hall–Kier alpha value is -3.81. The zero-order valence-corrected chi connectivity index (χ0v) is 18.3. The zero-order chi connectivity index (χ0) is 23.5. The SMILES string of the molecule is CN1C(=O)c2ccc(NC(=O)COC(=O)CCC(=O)c3ccc4c(c3)CCCC4)cc2C1=O. The van der Waals surface area contributed by atoms with E-state index < -0.39 is 30.3 Å². The quantitative estimate of drug-likeness (QED) is 0.396. The average molecular weight is 448 g/mol. The summed E-state index contributed by atoms with van der Waals surface area (Å²) in [5.74, 6) is -2.21. The van der Waals surface area contributed by atoms with E-state index >= 15 is 0 Å². The predicted octanol–water partition coefficient (Wildman–Crippen LogP) is 2.94. The number of Topliss-reactive ketones (excluding diaryl/α,β-unsaturated/α-hetero) is 1. The zero-order valence-electron chi connectivity index (χ0n) is 18.3. The third-order valence-corrected chi connectivity index (χ3v) is 5.96. The van der Waals surface area contributed by atoms with Crippen molar-refractivity contribution in [2.75, 3.05) is 19.0 Å². The van der Waals surface area contributed by atoms with Crippen LogP contribution in [0.3, 0.4) is 0 Å². The molecule has 2 aliphatic rings. The van der Waals surface area contributed by atoms with Gasteiger partial charge in [-0.2, -0.15) is 0 Å². The summed E-state index contributed by atoms with van der Waals surface area (Å²) in [6.07, 6.45) is 4.18. The number of benzene rings is 2. The van der Waals surface area contributed by atoms with Crippen molar-refractivity contribution in [2.24, 2.45) is 0 Å². The molecule has 0 unspecified atom stereocenters. The van der Waals surface area contributed by atoms with E-state index in [9.17, 15) is 24.0 Å². The van der Waals surface area contributed by atoms with Crippen LogP contribution in [0.15, 0.2) is 36.4 Å². The highest BCUT2D eigenvalue weighted by molar-refractivity contribution is 6.21. The first-order chi connectivity index (χ1) is 15.8. The normalized spacial score (nSPS) is 14.5. The summed E-state index contributed by atoms with van der Waals surface area (Å²) in [7, 11) is 1.39. The van der Waals surface area contributed by atoms with Crippen LogP contribution < -0.4 is 5.32 Å². The lowest BCUT2D eigenvalue weighted by Crippen LogP contribution is -2.24. The smallest absolute Gasteiger partial charge is 0.306 e. The Morgan fingerprint density at radius 1 is 0.909 bits per heavy atom. The van der Waals surface area contributed by atoms with Gasteiger partial charge >= 0.3 is 5.97 Å². The molecule has 1 N–H and O–H groups in total. The molecule has 0 atom stereocenters.